The van der Waals surface area contributed by atoms with E-state index >= 15 is 0 Å². The van der Waals surface area contributed by atoms with Crippen LogP contribution in [0.25, 0.3) is 0 Å². The molecule has 0 bridgehead atoms. The predicted molar refractivity (Wildman–Crippen MR) is 51.2 cm³/mol. The van der Waals surface area contributed by atoms with Gasteiger partial charge < -0.3 is 5.11 Å². The first-order valence-corrected chi connectivity index (χ1v) is 4.12. The molecule has 0 fully saturated rings. The number of hydrogen-bond donors (Lipinski definition) is 1. The molecule has 0 aliphatic heterocycles. The van der Waals surface area contributed by atoms with Gasteiger partial charge in [0, 0.05) is 6.42 Å². The second-order valence-electron chi connectivity index (χ2n) is 2.80. The Morgan fingerprint density at radius 1 is 1.46 bits per heavy atom. The van der Waals surface area contributed by atoms with Crippen LogP contribution >= 0.6 is 0 Å². The summed E-state index contributed by atoms with van der Waals surface area (Å²) < 4.78 is 0. The number of allylic oxidation sites excluding steroid dienone is 1. The molecule has 0 unspecified atom stereocenters. The van der Waals surface area contributed by atoms with E-state index in [1.807, 2.05) is 18.2 Å². The molecular weight excluding hydrogens is 164 g/mol. The van der Waals surface area contributed by atoms with Crippen molar-refractivity contribution in [2.24, 2.45) is 0 Å². The molecule has 2 nitrogen and oxygen atoms in total. The SMILES string of the molecule is C=CC(=O)C[C@H](O)c1ccccc1. The van der Waals surface area contributed by atoms with Gasteiger partial charge in [0.1, 0.15) is 0 Å². The fourth-order valence-corrected chi connectivity index (χ4v) is 1.07. The summed E-state index contributed by atoms with van der Waals surface area (Å²) in [6, 6.07) is 9.11. The van der Waals surface area contributed by atoms with Crippen LogP contribution in [0.2, 0.25) is 0 Å². The number of carbonyl (C=O) groups is 1. The molecule has 1 N–H and O–H groups in total. The van der Waals surface area contributed by atoms with E-state index in [9.17, 15) is 9.90 Å². The molecule has 2 heteroatoms. The maximum atomic E-state index is 10.9. The molecular formula is C11H12O2. The maximum absolute atomic E-state index is 10.9. The van der Waals surface area contributed by atoms with Crippen LogP contribution in [-0.2, 0) is 4.79 Å². The van der Waals surface area contributed by atoms with Crippen LogP contribution < -0.4 is 0 Å². The molecule has 1 atom stereocenters. The molecule has 0 heterocycles. The van der Waals surface area contributed by atoms with E-state index in [-0.39, 0.29) is 12.2 Å². The summed E-state index contributed by atoms with van der Waals surface area (Å²) in [5.41, 5.74) is 0.762. The molecule has 13 heavy (non-hydrogen) atoms. The molecule has 68 valence electrons. The fraction of sp³-hybridized carbons (Fsp3) is 0.182. The minimum absolute atomic E-state index is 0.105. The summed E-state index contributed by atoms with van der Waals surface area (Å²) in [5, 5.41) is 9.55. The van der Waals surface area contributed by atoms with Crippen LogP contribution in [0.3, 0.4) is 0 Å². The smallest absolute Gasteiger partial charge is 0.158 e. The lowest BCUT2D eigenvalue weighted by Gasteiger charge is -2.07. The number of rotatable bonds is 4. The molecule has 0 amide bonds. The Labute approximate surface area is 77.5 Å². The molecule has 0 spiro atoms. The molecule has 0 aliphatic rings. The lowest BCUT2D eigenvalue weighted by molar-refractivity contribution is -0.116. The molecule has 1 aromatic carbocycles. The first-order chi connectivity index (χ1) is 6.24. The normalized spacial score (nSPS) is 12.1. The Morgan fingerprint density at radius 2 is 2.08 bits per heavy atom. The summed E-state index contributed by atoms with van der Waals surface area (Å²) in [6.45, 7) is 3.35. The minimum atomic E-state index is -0.716. The van der Waals surface area contributed by atoms with Gasteiger partial charge >= 0.3 is 0 Å². The lowest BCUT2D eigenvalue weighted by Crippen LogP contribution is -2.03. The van der Waals surface area contributed by atoms with E-state index < -0.39 is 6.10 Å². The van der Waals surface area contributed by atoms with Crippen LogP contribution in [0, 0.1) is 0 Å². The number of hydrogen-bond acceptors (Lipinski definition) is 2. The van der Waals surface area contributed by atoms with Gasteiger partial charge in [-0.25, -0.2) is 0 Å². The molecule has 0 radical (unpaired) electrons. The van der Waals surface area contributed by atoms with Crippen molar-refractivity contribution in [2.75, 3.05) is 0 Å². The summed E-state index contributed by atoms with van der Waals surface area (Å²) in [5.74, 6) is -0.142. The first-order valence-electron chi connectivity index (χ1n) is 4.12. The fourth-order valence-electron chi connectivity index (χ4n) is 1.07. The third-order valence-electron chi connectivity index (χ3n) is 1.81. The van der Waals surface area contributed by atoms with Gasteiger partial charge in [-0.15, -0.1) is 0 Å². The highest BCUT2D eigenvalue weighted by atomic mass is 16.3. The van der Waals surface area contributed by atoms with Crippen molar-refractivity contribution in [3.05, 3.63) is 48.6 Å². The topological polar surface area (TPSA) is 37.3 Å². The van der Waals surface area contributed by atoms with Crippen molar-refractivity contribution >= 4 is 5.78 Å². The zero-order chi connectivity index (χ0) is 9.68. The number of benzene rings is 1. The van der Waals surface area contributed by atoms with Gasteiger partial charge in [-0.2, -0.15) is 0 Å². The third kappa shape index (κ3) is 2.84. The van der Waals surface area contributed by atoms with Crippen LogP contribution in [0.5, 0.6) is 0 Å². The van der Waals surface area contributed by atoms with Gasteiger partial charge in [0.15, 0.2) is 5.78 Å². The molecule has 0 saturated heterocycles. The largest absolute Gasteiger partial charge is 0.388 e. The quantitative estimate of drug-likeness (QED) is 0.711. The third-order valence-corrected chi connectivity index (χ3v) is 1.81. The summed E-state index contributed by atoms with van der Waals surface area (Å²) in [7, 11) is 0. The monoisotopic (exact) mass is 176 g/mol. The van der Waals surface area contributed by atoms with Crippen molar-refractivity contribution in [3.63, 3.8) is 0 Å². The van der Waals surface area contributed by atoms with E-state index in [2.05, 4.69) is 6.58 Å². The van der Waals surface area contributed by atoms with Crippen molar-refractivity contribution in [1.82, 2.24) is 0 Å². The van der Waals surface area contributed by atoms with E-state index in [4.69, 9.17) is 0 Å². The summed E-state index contributed by atoms with van der Waals surface area (Å²) in [6.07, 6.45) is 0.617. The molecule has 1 rings (SSSR count). The zero-order valence-corrected chi connectivity index (χ0v) is 7.31. The first kappa shape index (κ1) is 9.68. The highest BCUT2D eigenvalue weighted by molar-refractivity contribution is 5.89. The van der Waals surface area contributed by atoms with Gasteiger partial charge in [-0.05, 0) is 11.6 Å². The zero-order valence-electron chi connectivity index (χ0n) is 7.31. The molecule has 0 aromatic heterocycles. The average Bonchev–Trinajstić information content (AvgIpc) is 2.19. The van der Waals surface area contributed by atoms with Gasteiger partial charge in [0.05, 0.1) is 6.10 Å². The summed E-state index contributed by atoms with van der Waals surface area (Å²) >= 11 is 0. The number of aliphatic hydroxyl groups is 1. The second kappa shape index (κ2) is 4.58. The Kier molecular flexibility index (Phi) is 3.41. The van der Waals surface area contributed by atoms with Crippen molar-refractivity contribution in [1.29, 1.82) is 0 Å². The molecule has 0 saturated carbocycles. The Balaban J connectivity index is 2.63. The van der Waals surface area contributed by atoms with E-state index in [0.29, 0.717) is 0 Å². The lowest BCUT2D eigenvalue weighted by atomic mass is 10.0. The number of ketones is 1. The maximum Gasteiger partial charge on any atom is 0.158 e. The predicted octanol–water partition coefficient (Wildman–Crippen LogP) is 1.87. The average molecular weight is 176 g/mol. The van der Waals surface area contributed by atoms with Gasteiger partial charge in [0.2, 0.25) is 0 Å². The van der Waals surface area contributed by atoms with Gasteiger partial charge in [-0.1, -0.05) is 36.9 Å². The van der Waals surface area contributed by atoms with Crippen molar-refractivity contribution < 1.29 is 9.90 Å². The van der Waals surface area contributed by atoms with E-state index in [0.717, 1.165) is 5.56 Å². The van der Waals surface area contributed by atoms with E-state index in [1.165, 1.54) is 6.08 Å². The summed E-state index contributed by atoms with van der Waals surface area (Å²) in [4.78, 5) is 10.9. The van der Waals surface area contributed by atoms with Crippen LogP contribution in [0.15, 0.2) is 43.0 Å². The highest BCUT2D eigenvalue weighted by Gasteiger charge is 2.09. The standard InChI is InChI=1S/C11H12O2/c1-2-10(12)8-11(13)9-6-4-3-5-7-9/h2-7,11,13H,1,8H2/t11-/m0/s1. The van der Waals surface area contributed by atoms with E-state index in [1.54, 1.807) is 12.1 Å². The second-order valence-corrected chi connectivity index (χ2v) is 2.80. The van der Waals surface area contributed by atoms with Crippen LogP contribution in [-0.4, -0.2) is 10.9 Å². The van der Waals surface area contributed by atoms with Crippen LogP contribution in [0.1, 0.15) is 18.1 Å². The van der Waals surface area contributed by atoms with Crippen molar-refractivity contribution in [3.8, 4) is 0 Å². The van der Waals surface area contributed by atoms with Crippen LogP contribution in [0.4, 0.5) is 0 Å². The van der Waals surface area contributed by atoms with Gasteiger partial charge in [0.25, 0.3) is 0 Å². The van der Waals surface area contributed by atoms with Crippen molar-refractivity contribution in [2.45, 2.75) is 12.5 Å². The minimum Gasteiger partial charge on any atom is -0.388 e. The molecule has 1 aromatic rings. The Morgan fingerprint density at radius 3 is 2.62 bits per heavy atom. The highest BCUT2D eigenvalue weighted by Crippen LogP contribution is 2.15. The molecule has 0 aliphatic carbocycles. The number of carbonyl (C=O) groups excluding carboxylic acids is 1. The van der Waals surface area contributed by atoms with Gasteiger partial charge in [-0.3, -0.25) is 4.79 Å². The number of aliphatic hydroxyl groups excluding tert-OH is 1. The Hall–Kier alpha value is -1.41. The Bertz CT molecular complexity index is 290.